The predicted molar refractivity (Wildman–Crippen MR) is 74.5 cm³/mol. The predicted octanol–water partition coefficient (Wildman–Crippen LogP) is 2.50. The smallest absolute Gasteiger partial charge is 0.293 e. The van der Waals surface area contributed by atoms with Crippen molar-refractivity contribution in [1.29, 1.82) is 0 Å². The summed E-state index contributed by atoms with van der Waals surface area (Å²) in [6.07, 6.45) is 3.24. The number of H-pyrrole nitrogens is 1. The van der Waals surface area contributed by atoms with Crippen molar-refractivity contribution >= 4 is 16.6 Å². The van der Waals surface area contributed by atoms with Crippen LogP contribution in [-0.4, -0.2) is 14.9 Å². The van der Waals surface area contributed by atoms with Crippen LogP contribution in [0.1, 0.15) is 0 Å². The van der Waals surface area contributed by atoms with Gasteiger partial charge < -0.3 is 4.98 Å². The first-order valence-electron chi connectivity index (χ1n) is 5.87. The number of para-hydroxylation sites is 1. The van der Waals surface area contributed by atoms with Crippen LogP contribution in [0.4, 0.5) is 5.69 Å². The van der Waals surface area contributed by atoms with E-state index in [2.05, 4.69) is 9.97 Å². The van der Waals surface area contributed by atoms with Gasteiger partial charge >= 0.3 is 0 Å². The lowest BCUT2D eigenvalue weighted by atomic mass is 10.0. The Morgan fingerprint density at radius 2 is 2.05 bits per heavy atom. The second-order valence-corrected chi connectivity index (χ2v) is 4.25. The van der Waals surface area contributed by atoms with E-state index in [1.165, 1.54) is 12.1 Å². The first-order valence-corrected chi connectivity index (χ1v) is 5.87. The highest BCUT2D eigenvalue weighted by Gasteiger charge is 2.15. The molecule has 3 rings (SSSR count). The zero-order chi connectivity index (χ0) is 14.1. The largest absolute Gasteiger partial charge is 0.316 e. The molecular formula is C14H9N3O3. The minimum atomic E-state index is -0.509. The molecule has 0 aliphatic rings. The van der Waals surface area contributed by atoms with Gasteiger partial charge in [-0.1, -0.05) is 18.2 Å². The number of nitro groups is 1. The number of aromatic nitrogens is 2. The Morgan fingerprint density at radius 1 is 1.20 bits per heavy atom. The fourth-order valence-electron chi connectivity index (χ4n) is 2.18. The molecule has 1 N–H and O–H groups in total. The van der Waals surface area contributed by atoms with Crippen molar-refractivity contribution in [3.63, 3.8) is 0 Å². The van der Waals surface area contributed by atoms with Crippen molar-refractivity contribution in [2.75, 3.05) is 0 Å². The number of hydrogen-bond donors (Lipinski definition) is 1. The lowest BCUT2D eigenvalue weighted by Crippen LogP contribution is -2.06. The summed E-state index contributed by atoms with van der Waals surface area (Å²) >= 11 is 0. The van der Waals surface area contributed by atoms with E-state index in [1.54, 1.807) is 36.7 Å². The number of hydrogen-bond acceptors (Lipinski definition) is 4. The lowest BCUT2D eigenvalue weighted by Gasteiger charge is -2.06. The molecular weight excluding hydrogens is 258 g/mol. The Morgan fingerprint density at radius 3 is 2.75 bits per heavy atom. The number of nitrogens with one attached hydrogen (secondary N) is 1. The van der Waals surface area contributed by atoms with E-state index in [-0.39, 0.29) is 16.8 Å². The number of nitro benzene ring substituents is 1. The summed E-state index contributed by atoms with van der Waals surface area (Å²) in [5.41, 5.74) is 1.09. The molecule has 0 aliphatic carbocycles. The van der Waals surface area contributed by atoms with Gasteiger partial charge in [-0.2, -0.15) is 0 Å². The van der Waals surface area contributed by atoms with Crippen LogP contribution in [0.25, 0.3) is 22.0 Å². The fraction of sp³-hybridized carbons (Fsp3) is 0. The normalized spacial score (nSPS) is 10.6. The zero-order valence-electron chi connectivity index (χ0n) is 10.2. The molecule has 2 aromatic heterocycles. The van der Waals surface area contributed by atoms with Gasteiger partial charge in [0.25, 0.3) is 5.69 Å². The lowest BCUT2D eigenvalue weighted by molar-refractivity contribution is -0.383. The van der Waals surface area contributed by atoms with E-state index in [0.717, 1.165) is 5.56 Å². The third-order valence-corrected chi connectivity index (χ3v) is 3.03. The standard InChI is InChI=1S/C14H9N3O3/c18-13-7-11(9-3-2-6-15-8-9)10-4-1-5-12(17(19)20)14(10)16-13/h1-8H,(H,16,18). The molecule has 0 saturated heterocycles. The van der Waals surface area contributed by atoms with Crippen molar-refractivity contribution in [1.82, 2.24) is 9.97 Å². The van der Waals surface area contributed by atoms with Gasteiger partial charge in [-0.15, -0.1) is 0 Å². The summed E-state index contributed by atoms with van der Waals surface area (Å²) in [5.74, 6) is 0. The Balaban J connectivity index is 2.43. The number of aromatic amines is 1. The number of fused-ring (bicyclic) bond motifs is 1. The van der Waals surface area contributed by atoms with E-state index < -0.39 is 4.92 Å². The van der Waals surface area contributed by atoms with Crippen molar-refractivity contribution in [2.24, 2.45) is 0 Å². The molecule has 20 heavy (non-hydrogen) atoms. The van der Waals surface area contributed by atoms with Crippen LogP contribution in [0.15, 0.2) is 53.6 Å². The van der Waals surface area contributed by atoms with E-state index in [1.807, 2.05) is 0 Å². The molecule has 0 spiro atoms. The fourth-order valence-corrected chi connectivity index (χ4v) is 2.18. The molecule has 98 valence electrons. The second kappa shape index (κ2) is 4.58. The minimum Gasteiger partial charge on any atom is -0.316 e. The van der Waals surface area contributed by atoms with Gasteiger partial charge in [0.15, 0.2) is 0 Å². The molecule has 0 aliphatic heterocycles. The average molecular weight is 267 g/mol. The van der Waals surface area contributed by atoms with Crippen molar-refractivity contribution < 1.29 is 4.92 Å². The Kier molecular flexibility index (Phi) is 2.76. The van der Waals surface area contributed by atoms with Gasteiger partial charge in [-0.05, 0) is 11.6 Å². The summed E-state index contributed by atoms with van der Waals surface area (Å²) in [6, 6.07) is 9.67. The SMILES string of the molecule is O=c1cc(-c2cccnc2)c2cccc([N+](=O)[O-])c2[nH]1. The van der Waals surface area contributed by atoms with E-state index >= 15 is 0 Å². The van der Waals surface area contributed by atoms with Gasteiger partial charge in [-0.3, -0.25) is 19.9 Å². The Labute approximate surface area is 112 Å². The van der Waals surface area contributed by atoms with E-state index in [4.69, 9.17) is 0 Å². The van der Waals surface area contributed by atoms with Crippen LogP contribution in [0.5, 0.6) is 0 Å². The number of pyridine rings is 2. The first-order chi connectivity index (χ1) is 9.66. The van der Waals surface area contributed by atoms with Crippen molar-refractivity contribution in [3.8, 4) is 11.1 Å². The molecule has 6 heteroatoms. The highest BCUT2D eigenvalue weighted by atomic mass is 16.6. The molecule has 0 amide bonds. The van der Waals surface area contributed by atoms with Gasteiger partial charge in [-0.25, -0.2) is 0 Å². The summed E-state index contributed by atoms with van der Waals surface area (Å²) in [6.45, 7) is 0. The summed E-state index contributed by atoms with van der Waals surface area (Å²) in [7, 11) is 0. The molecule has 3 aromatic rings. The summed E-state index contributed by atoms with van der Waals surface area (Å²) in [5, 5.41) is 11.7. The molecule has 2 heterocycles. The maximum atomic E-state index is 11.8. The van der Waals surface area contributed by atoms with Gasteiger partial charge in [0, 0.05) is 35.5 Å². The maximum absolute atomic E-state index is 11.8. The number of benzene rings is 1. The molecule has 0 unspecified atom stereocenters. The summed E-state index contributed by atoms with van der Waals surface area (Å²) < 4.78 is 0. The van der Waals surface area contributed by atoms with Crippen LogP contribution in [0, 0.1) is 10.1 Å². The molecule has 0 atom stereocenters. The quantitative estimate of drug-likeness (QED) is 0.570. The molecule has 0 fully saturated rings. The third-order valence-electron chi connectivity index (χ3n) is 3.03. The van der Waals surface area contributed by atoms with Crippen LogP contribution in [0.2, 0.25) is 0 Å². The van der Waals surface area contributed by atoms with Gasteiger partial charge in [0.1, 0.15) is 5.52 Å². The van der Waals surface area contributed by atoms with Gasteiger partial charge in [0.05, 0.1) is 4.92 Å². The molecule has 0 bridgehead atoms. The number of nitrogens with zero attached hydrogens (tertiary/aromatic N) is 2. The van der Waals surface area contributed by atoms with Crippen LogP contribution >= 0.6 is 0 Å². The monoisotopic (exact) mass is 267 g/mol. The van der Waals surface area contributed by atoms with Crippen molar-refractivity contribution in [2.45, 2.75) is 0 Å². The number of non-ortho nitro benzene ring substituents is 1. The highest BCUT2D eigenvalue weighted by molar-refractivity contribution is 5.98. The average Bonchev–Trinajstić information content (AvgIpc) is 2.46. The van der Waals surface area contributed by atoms with E-state index in [9.17, 15) is 14.9 Å². The van der Waals surface area contributed by atoms with Crippen molar-refractivity contribution in [3.05, 3.63) is 69.3 Å². The second-order valence-electron chi connectivity index (χ2n) is 4.25. The minimum absolute atomic E-state index is 0.120. The van der Waals surface area contributed by atoms with Crippen LogP contribution in [0.3, 0.4) is 0 Å². The zero-order valence-corrected chi connectivity index (χ0v) is 10.2. The topological polar surface area (TPSA) is 88.9 Å². The first kappa shape index (κ1) is 12.0. The number of rotatable bonds is 2. The van der Waals surface area contributed by atoms with Crippen LogP contribution < -0.4 is 5.56 Å². The Bertz CT molecular complexity index is 856. The molecule has 6 nitrogen and oxygen atoms in total. The molecule has 1 aromatic carbocycles. The molecule has 0 radical (unpaired) electrons. The van der Waals surface area contributed by atoms with Gasteiger partial charge in [0.2, 0.25) is 5.56 Å². The maximum Gasteiger partial charge on any atom is 0.293 e. The highest BCUT2D eigenvalue weighted by Crippen LogP contribution is 2.30. The molecule has 0 saturated carbocycles. The summed E-state index contributed by atoms with van der Waals surface area (Å²) in [4.78, 5) is 28.8. The third kappa shape index (κ3) is 1.93. The van der Waals surface area contributed by atoms with E-state index in [0.29, 0.717) is 10.9 Å². The Hall–Kier alpha value is -3.02. The van der Waals surface area contributed by atoms with Crippen LogP contribution in [-0.2, 0) is 0 Å².